The van der Waals surface area contributed by atoms with Crippen molar-refractivity contribution in [2.45, 2.75) is 6.54 Å². The molecule has 1 aromatic heterocycles. The Morgan fingerprint density at radius 2 is 1.58 bits per heavy atom. The fourth-order valence-corrected chi connectivity index (χ4v) is 2.82. The van der Waals surface area contributed by atoms with Gasteiger partial charge in [-0.2, -0.15) is 0 Å². The van der Waals surface area contributed by atoms with Crippen LogP contribution in [0.5, 0.6) is 11.5 Å². The molecule has 2 aromatic carbocycles. The van der Waals surface area contributed by atoms with Gasteiger partial charge in [-0.15, -0.1) is 0 Å². The molecule has 0 amide bonds. The summed E-state index contributed by atoms with van der Waals surface area (Å²) in [4.78, 5) is 24.9. The number of rotatable bonds is 5. The largest absolute Gasteiger partial charge is 0.493 e. The molecule has 0 aliphatic carbocycles. The van der Waals surface area contributed by atoms with Gasteiger partial charge < -0.3 is 9.47 Å². The van der Waals surface area contributed by atoms with Crippen molar-refractivity contribution < 1.29 is 9.47 Å². The zero-order chi connectivity index (χ0) is 18.7. The summed E-state index contributed by atoms with van der Waals surface area (Å²) in [5.74, 6) is 1.11. The van der Waals surface area contributed by atoms with Crippen molar-refractivity contribution in [1.82, 2.24) is 9.13 Å². The van der Waals surface area contributed by atoms with Gasteiger partial charge in [0.1, 0.15) is 0 Å². The van der Waals surface area contributed by atoms with E-state index in [2.05, 4.69) is 0 Å². The minimum absolute atomic E-state index is 0.357. The molecular weight excluding hydrogens is 332 g/mol. The molecule has 0 aliphatic rings. The molecule has 6 heteroatoms. The molecule has 1 heterocycles. The van der Waals surface area contributed by atoms with Crippen molar-refractivity contribution in [1.29, 1.82) is 0 Å². The fraction of sp³-hybridized carbons (Fsp3) is 0.200. The molecule has 26 heavy (non-hydrogen) atoms. The van der Waals surface area contributed by atoms with Crippen LogP contribution in [0.1, 0.15) is 5.56 Å². The highest BCUT2D eigenvalue weighted by Gasteiger charge is 2.14. The number of methoxy groups -OCH3 is 2. The molecule has 0 spiro atoms. The van der Waals surface area contributed by atoms with E-state index >= 15 is 0 Å². The van der Waals surface area contributed by atoms with Gasteiger partial charge in [0.25, 0.3) is 5.56 Å². The average Bonchev–Trinajstić information content (AvgIpc) is 2.68. The molecule has 0 bridgehead atoms. The monoisotopic (exact) mass is 352 g/mol. The molecule has 6 nitrogen and oxygen atoms in total. The van der Waals surface area contributed by atoms with Crippen LogP contribution in [-0.4, -0.2) is 23.4 Å². The molecule has 0 saturated heterocycles. The quantitative estimate of drug-likeness (QED) is 0.707. The molecule has 0 atom stereocenters. The SMILES string of the molecule is COc1ccc(-c2cc(=O)n(C)c(=O)n2Cc2ccccc2)cc1OC. The summed E-state index contributed by atoms with van der Waals surface area (Å²) < 4.78 is 13.3. The first kappa shape index (κ1) is 17.5. The Balaban J connectivity index is 2.21. The van der Waals surface area contributed by atoms with E-state index in [1.807, 2.05) is 30.3 Å². The molecule has 3 rings (SSSR count). The first-order chi connectivity index (χ1) is 12.5. The summed E-state index contributed by atoms with van der Waals surface area (Å²) in [6.45, 7) is 0.359. The van der Waals surface area contributed by atoms with E-state index in [1.165, 1.54) is 13.1 Å². The predicted molar refractivity (Wildman–Crippen MR) is 100 cm³/mol. The van der Waals surface area contributed by atoms with Crippen LogP contribution in [0.4, 0.5) is 0 Å². The summed E-state index contributed by atoms with van der Waals surface area (Å²) in [6.07, 6.45) is 0. The third-order valence-electron chi connectivity index (χ3n) is 4.26. The van der Waals surface area contributed by atoms with Crippen molar-refractivity contribution in [2.75, 3.05) is 14.2 Å². The smallest absolute Gasteiger partial charge is 0.331 e. The van der Waals surface area contributed by atoms with Gasteiger partial charge >= 0.3 is 5.69 Å². The lowest BCUT2D eigenvalue weighted by atomic mass is 10.1. The van der Waals surface area contributed by atoms with Crippen LogP contribution in [0.25, 0.3) is 11.3 Å². The fourth-order valence-electron chi connectivity index (χ4n) is 2.82. The predicted octanol–water partition coefficient (Wildman–Crippen LogP) is 2.28. The second kappa shape index (κ2) is 7.31. The first-order valence-electron chi connectivity index (χ1n) is 8.12. The normalized spacial score (nSPS) is 10.6. The van der Waals surface area contributed by atoms with Gasteiger partial charge in [0, 0.05) is 18.7 Å². The average molecular weight is 352 g/mol. The highest BCUT2D eigenvalue weighted by molar-refractivity contribution is 5.64. The van der Waals surface area contributed by atoms with E-state index in [0.717, 1.165) is 10.1 Å². The maximum Gasteiger partial charge on any atom is 0.331 e. The lowest BCUT2D eigenvalue weighted by Crippen LogP contribution is -2.38. The van der Waals surface area contributed by atoms with Crippen molar-refractivity contribution in [3.05, 3.63) is 81.0 Å². The van der Waals surface area contributed by atoms with Crippen LogP contribution in [0, 0.1) is 0 Å². The lowest BCUT2D eigenvalue weighted by Gasteiger charge is -2.16. The number of ether oxygens (including phenoxy) is 2. The van der Waals surface area contributed by atoms with Crippen LogP contribution >= 0.6 is 0 Å². The zero-order valence-electron chi connectivity index (χ0n) is 14.9. The Kier molecular flexibility index (Phi) is 4.93. The van der Waals surface area contributed by atoms with Gasteiger partial charge in [-0.25, -0.2) is 4.79 Å². The maximum atomic E-state index is 12.7. The van der Waals surface area contributed by atoms with Gasteiger partial charge in [-0.1, -0.05) is 30.3 Å². The Hall–Kier alpha value is -3.28. The van der Waals surface area contributed by atoms with Crippen LogP contribution in [0.15, 0.2) is 64.2 Å². The Bertz CT molecular complexity index is 1040. The third-order valence-corrected chi connectivity index (χ3v) is 4.26. The lowest BCUT2D eigenvalue weighted by molar-refractivity contribution is 0.355. The molecule has 134 valence electrons. The molecule has 0 aliphatic heterocycles. The molecule has 0 fully saturated rings. The third kappa shape index (κ3) is 3.26. The highest BCUT2D eigenvalue weighted by Crippen LogP contribution is 2.31. The summed E-state index contributed by atoms with van der Waals surface area (Å²) in [6, 6.07) is 16.4. The summed E-state index contributed by atoms with van der Waals surface area (Å²) in [7, 11) is 4.58. The summed E-state index contributed by atoms with van der Waals surface area (Å²) in [5, 5.41) is 0. The minimum Gasteiger partial charge on any atom is -0.493 e. The van der Waals surface area contributed by atoms with Gasteiger partial charge in [-0.05, 0) is 23.8 Å². The minimum atomic E-state index is -0.369. The van der Waals surface area contributed by atoms with E-state index in [-0.39, 0.29) is 11.2 Å². The molecule has 3 aromatic rings. The highest BCUT2D eigenvalue weighted by atomic mass is 16.5. The topological polar surface area (TPSA) is 62.5 Å². The number of aromatic nitrogens is 2. The van der Waals surface area contributed by atoms with Crippen molar-refractivity contribution in [3.63, 3.8) is 0 Å². The van der Waals surface area contributed by atoms with E-state index in [9.17, 15) is 9.59 Å². The second-order valence-electron chi connectivity index (χ2n) is 5.85. The van der Waals surface area contributed by atoms with Gasteiger partial charge in [0.15, 0.2) is 11.5 Å². The van der Waals surface area contributed by atoms with E-state index < -0.39 is 0 Å². The summed E-state index contributed by atoms with van der Waals surface area (Å²) in [5.41, 5.74) is 1.47. The van der Waals surface area contributed by atoms with E-state index in [4.69, 9.17) is 9.47 Å². The number of benzene rings is 2. The Labute approximate surface area is 150 Å². The molecule has 0 N–H and O–H groups in total. The van der Waals surface area contributed by atoms with Crippen molar-refractivity contribution in [3.8, 4) is 22.8 Å². The number of hydrogen-bond acceptors (Lipinski definition) is 4. The Morgan fingerprint density at radius 3 is 2.23 bits per heavy atom. The van der Waals surface area contributed by atoms with E-state index in [0.29, 0.717) is 29.3 Å². The molecule has 0 saturated carbocycles. The van der Waals surface area contributed by atoms with Gasteiger partial charge in [0.2, 0.25) is 0 Å². The van der Waals surface area contributed by atoms with Crippen LogP contribution < -0.4 is 20.7 Å². The Morgan fingerprint density at radius 1 is 0.885 bits per heavy atom. The van der Waals surface area contributed by atoms with Gasteiger partial charge in [0.05, 0.1) is 26.5 Å². The number of nitrogens with zero attached hydrogens (tertiary/aromatic N) is 2. The van der Waals surface area contributed by atoms with Crippen LogP contribution in [0.2, 0.25) is 0 Å². The van der Waals surface area contributed by atoms with Crippen LogP contribution in [-0.2, 0) is 13.6 Å². The van der Waals surface area contributed by atoms with E-state index in [1.54, 1.807) is 37.0 Å². The standard InChI is InChI=1S/C20H20N2O4/c1-21-19(23)12-16(15-9-10-17(25-2)18(11-15)26-3)22(20(21)24)13-14-7-5-4-6-8-14/h4-12H,13H2,1-3H3. The van der Waals surface area contributed by atoms with Crippen molar-refractivity contribution >= 4 is 0 Å². The maximum absolute atomic E-state index is 12.7. The van der Waals surface area contributed by atoms with Crippen LogP contribution in [0.3, 0.4) is 0 Å². The zero-order valence-corrected chi connectivity index (χ0v) is 14.9. The molecular formula is C20H20N2O4. The van der Waals surface area contributed by atoms with Crippen molar-refractivity contribution in [2.24, 2.45) is 7.05 Å². The second-order valence-corrected chi connectivity index (χ2v) is 5.85. The summed E-state index contributed by atoms with van der Waals surface area (Å²) >= 11 is 0. The molecule has 0 radical (unpaired) electrons. The number of hydrogen-bond donors (Lipinski definition) is 0. The van der Waals surface area contributed by atoms with Gasteiger partial charge in [-0.3, -0.25) is 13.9 Å². The molecule has 0 unspecified atom stereocenters. The first-order valence-corrected chi connectivity index (χ1v) is 8.12.